The van der Waals surface area contributed by atoms with Crippen LogP contribution in [0.25, 0.3) is 10.4 Å². The van der Waals surface area contributed by atoms with E-state index in [-0.39, 0.29) is 0 Å². The third kappa shape index (κ3) is 2.74. The van der Waals surface area contributed by atoms with Crippen molar-refractivity contribution in [2.45, 2.75) is 16.8 Å². The molecule has 0 saturated carbocycles. The number of thiophene rings is 1. The molecule has 3 aromatic rings. The Morgan fingerprint density at radius 2 is 1.86 bits per heavy atom. The fourth-order valence-electron chi connectivity index (χ4n) is 2.16. The van der Waals surface area contributed by atoms with Gasteiger partial charge < -0.3 is 0 Å². The normalized spacial score (nSPS) is 11.7. The van der Waals surface area contributed by atoms with E-state index in [0.29, 0.717) is 9.92 Å². The third-order valence-corrected chi connectivity index (χ3v) is 6.80. The van der Waals surface area contributed by atoms with Gasteiger partial charge in [-0.15, -0.1) is 23.1 Å². The molecular formula is C16H15NO2S3. The van der Waals surface area contributed by atoms with E-state index in [4.69, 9.17) is 0 Å². The molecule has 0 aliphatic carbocycles. The summed E-state index contributed by atoms with van der Waals surface area (Å²) in [5, 5.41) is 2.70. The Morgan fingerprint density at radius 1 is 1.14 bits per heavy atom. The lowest BCUT2D eigenvalue weighted by molar-refractivity contribution is 0.583. The Balaban J connectivity index is 2.12. The van der Waals surface area contributed by atoms with E-state index in [0.717, 1.165) is 16.0 Å². The molecule has 0 fully saturated rings. The van der Waals surface area contributed by atoms with Crippen molar-refractivity contribution in [2.75, 3.05) is 6.26 Å². The van der Waals surface area contributed by atoms with Crippen LogP contribution in [-0.2, 0) is 10.0 Å². The highest BCUT2D eigenvalue weighted by atomic mass is 32.2. The van der Waals surface area contributed by atoms with E-state index < -0.39 is 10.0 Å². The van der Waals surface area contributed by atoms with Crippen molar-refractivity contribution in [3.8, 4) is 10.4 Å². The summed E-state index contributed by atoms with van der Waals surface area (Å²) in [6.07, 6.45) is 3.58. The van der Waals surface area contributed by atoms with E-state index in [1.54, 1.807) is 29.7 Å². The molecule has 0 spiro atoms. The van der Waals surface area contributed by atoms with Crippen LogP contribution >= 0.6 is 23.1 Å². The minimum absolute atomic E-state index is 0.307. The third-order valence-electron chi connectivity index (χ3n) is 3.35. The summed E-state index contributed by atoms with van der Waals surface area (Å²) in [6.45, 7) is 1.94. The molecule has 0 unspecified atom stereocenters. The number of rotatable bonds is 4. The molecule has 0 radical (unpaired) electrons. The fourth-order valence-corrected chi connectivity index (χ4v) is 5.12. The number of hydrogen-bond acceptors (Lipinski definition) is 4. The van der Waals surface area contributed by atoms with E-state index in [1.165, 1.54) is 15.7 Å². The van der Waals surface area contributed by atoms with Gasteiger partial charge in [-0.05, 0) is 42.8 Å². The Kier molecular flexibility index (Phi) is 4.16. The SMILES string of the molecule is CSc1cc(-c2cccs2)cn1S(=O)(=O)c1ccc(C)cc1. The quantitative estimate of drug-likeness (QED) is 0.652. The van der Waals surface area contributed by atoms with Crippen molar-refractivity contribution >= 4 is 33.1 Å². The molecule has 0 bridgehead atoms. The lowest BCUT2D eigenvalue weighted by atomic mass is 10.2. The van der Waals surface area contributed by atoms with E-state index in [2.05, 4.69) is 0 Å². The first kappa shape index (κ1) is 15.4. The molecule has 114 valence electrons. The lowest BCUT2D eigenvalue weighted by Gasteiger charge is -2.09. The maximum Gasteiger partial charge on any atom is 0.268 e. The monoisotopic (exact) mass is 349 g/mol. The molecular weight excluding hydrogens is 334 g/mol. The number of hydrogen-bond donors (Lipinski definition) is 0. The molecule has 0 atom stereocenters. The zero-order valence-electron chi connectivity index (χ0n) is 12.2. The van der Waals surface area contributed by atoms with Gasteiger partial charge in [0.25, 0.3) is 10.0 Å². The first-order valence-electron chi connectivity index (χ1n) is 6.65. The summed E-state index contributed by atoms with van der Waals surface area (Å²) in [7, 11) is -3.57. The zero-order chi connectivity index (χ0) is 15.7. The minimum atomic E-state index is -3.57. The van der Waals surface area contributed by atoms with Crippen LogP contribution in [0.2, 0.25) is 0 Å². The minimum Gasteiger partial charge on any atom is -0.235 e. The predicted octanol–water partition coefficient (Wildman–Crippen LogP) is 4.48. The van der Waals surface area contributed by atoms with Crippen LogP contribution in [0.15, 0.2) is 64.0 Å². The Labute approximate surface area is 138 Å². The average Bonchev–Trinajstić information content (AvgIpc) is 3.16. The summed E-state index contributed by atoms with van der Waals surface area (Å²) in [6, 6.07) is 12.8. The van der Waals surface area contributed by atoms with Crippen molar-refractivity contribution in [3.63, 3.8) is 0 Å². The largest absolute Gasteiger partial charge is 0.268 e. The Morgan fingerprint density at radius 3 is 2.45 bits per heavy atom. The van der Waals surface area contributed by atoms with Gasteiger partial charge >= 0.3 is 0 Å². The summed E-state index contributed by atoms with van der Waals surface area (Å²) < 4.78 is 27.1. The first-order valence-corrected chi connectivity index (χ1v) is 10.2. The Hall–Kier alpha value is -1.50. The van der Waals surface area contributed by atoms with Crippen LogP contribution in [0.5, 0.6) is 0 Å². The van der Waals surface area contributed by atoms with Crippen LogP contribution in [0.3, 0.4) is 0 Å². The van der Waals surface area contributed by atoms with Gasteiger partial charge in [0.2, 0.25) is 0 Å². The number of aryl methyl sites for hydroxylation is 1. The van der Waals surface area contributed by atoms with Crippen LogP contribution < -0.4 is 0 Å². The maximum atomic E-state index is 12.9. The second-order valence-corrected chi connectivity index (χ2v) is 8.45. The Bertz CT molecular complexity index is 876. The molecule has 6 heteroatoms. The molecule has 22 heavy (non-hydrogen) atoms. The van der Waals surface area contributed by atoms with Gasteiger partial charge in [-0.1, -0.05) is 23.8 Å². The van der Waals surface area contributed by atoms with Crippen LogP contribution in [0, 0.1) is 6.92 Å². The van der Waals surface area contributed by atoms with Gasteiger partial charge in [-0.2, -0.15) is 0 Å². The highest BCUT2D eigenvalue weighted by Gasteiger charge is 2.21. The van der Waals surface area contributed by atoms with Crippen molar-refractivity contribution in [3.05, 3.63) is 59.6 Å². The number of aromatic nitrogens is 1. The molecule has 0 aliphatic heterocycles. The second-order valence-electron chi connectivity index (χ2n) is 4.86. The predicted molar refractivity (Wildman–Crippen MR) is 93.3 cm³/mol. The standard InChI is InChI=1S/C16H15NO2S3/c1-12-5-7-14(8-6-12)22(18,19)17-11-13(10-16(17)20-2)15-4-3-9-21-15/h3-11H,1-2H3. The summed E-state index contributed by atoms with van der Waals surface area (Å²) >= 11 is 3.03. The zero-order valence-corrected chi connectivity index (χ0v) is 14.6. The van der Waals surface area contributed by atoms with Crippen LogP contribution in [-0.4, -0.2) is 18.6 Å². The maximum absolute atomic E-state index is 12.9. The first-order chi connectivity index (χ1) is 10.5. The van der Waals surface area contributed by atoms with Crippen LogP contribution in [0.1, 0.15) is 5.56 Å². The van der Waals surface area contributed by atoms with Crippen molar-refractivity contribution in [1.29, 1.82) is 0 Å². The molecule has 0 N–H and O–H groups in total. The summed E-state index contributed by atoms with van der Waals surface area (Å²) in [5.74, 6) is 0. The summed E-state index contributed by atoms with van der Waals surface area (Å²) in [5.41, 5.74) is 1.96. The summed E-state index contributed by atoms with van der Waals surface area (Å²) in [4.78, 5) is 1.37. The molecule has 2 aromatic heterocycles. The van der Waals surface area contributed by atoms with Gasteiger partial charge in [-0.3, -0.25) is 0 Å². The molecule has 0 saturated heterocycles. The molecule has 3 rings (SSSR count). The van der Waals surface area contributed by atoms with E-state index in [1.807, 2.05) is 48.9 Å². The van der Waals surface area contributed by atoms with Crippen molar-refractivity contribution in [2.24, 2.45) is 0 Å². The van der Waals surface area contributed by atoms with E-state index in [9.17, 15) is 8.42 Å². The fraction of sp³-hybridized carbons (Fsp3) is 0.125. The van der Waals surface area contributed by atoms with Gasteiger partial charge in [-0.25, -0.2) is 12.4 Å². The topological polar surface area (TPSA) is 39.1 Å². The van der Waals surface area contributed by atoms with E-state index >= 15 is 0 Å². The second kappa shape index (κ2) is 5.95. The smallest absolute Gasteiger partial charge is 0.235 e. The van der Waals surface area contributed by atoms with Gasteiger partial charge in [0, 0.05) is 16.6 Å². The molecule has 0 aliphatic rings. The number of thioether (sulfide) groups is 1. The highest BCUT2D eigenvalue weighted by Crippen LogP contribution is 2.32. The molecule has 3 nitrogen and oxygen atoms in total. The average molecular weight is 350 g/mol. The van der Waals surface area contributed by atoms with Gasteiger partial charge in [0.1, 0.15) is 0 Å². The molecule has 1 aromatic carbocycles. The molecule has 2 heterocycles. The van der Waals surface area contributed by atoms with Crippen molar-refractivity contribution in [1.82, 2.24) is 3.97 Å². The molecule has 0 amide bonds. The van der Waals surface area contributed by atoms with Crippen molar-refractivity contribution < 1.29 is 8.42 Å². The van der Waals surface area contributed by atoms with Gasteiger partial charge in [0.15, 0.2) is 0 Å². The lowest BCUT2D eigenvalue weighted by Crippen LogP contribution is -2.12. The van der Waals surface area contributed by atoms with Gasteiger partial charge in [0.05, 0.1) is 9.92 Å². The highest BCUT2D eigenvalue weighted by molar-refractivity contribution is 7.99. The number of benzene rings is 1. The number of nitrogens with zero attached hydrogens (tertiary/aromatic N) is 1. The van der Waals surface area contributed by atoms with Crippen LogP contribution in [0.4, 0.5) is 0 Å².